The zero-order chi connectivity index (χ0) is 16.0. The van der Waals surface area contributed by atoms with Gasteiger partial charge in [-0.05, 0) is 24.3 Å². The number of benzene rings is 1. The molecule has 0 saturated heterocycles. The van der Waals surface area contributed by atoms with Crippen molar-refractivity contribution in [2.75, 3.05) is 12.4 Å². The van der Waals surface area contributed by atoms with Crippen LogP contribution < -0.4 is 11.0 Å². The van der Waals surface area contributed by atoms with Gasteiger partial charge in [-0.25, -0.2) is 14.3 Å². The summed E-state index contributed by atoms with van der Waals surface area (Å²) < 4.78 is 7.01. The van der Waals surface area contributed by atoms with Crippen molar-refractivity contribution in [1.29, 1.82) is 0 Å². The van der Waals surface area contributed by atoms with Gasteiger partial charge < -0.3 is 9.73 Å². The number of rotatable bonds is 2. The smallest absolute Gasteiger partial charge is 0.355 e. The molecule has 0 aliphatic heterocycles. The van der Waals surface area contributed by atoms with E-state index in [-0.39, 0.29) is 0 Å². The number of furan rings is 1. The fourth-order valence-corrected chi connectivity index (χ4v) is 2.93. The summed E-state index contributed by atoms with van der Waals surface area (Å²) in [6.07, 6.45) is 3.18. The second-order valence-corrected chi connectivity index (χ2v) is 5.34. The quantitative estimate of drug-likeness (QED) is 0.612. The van der Waals surface area contributed by atoms with Crippen LogP contribution in [0.2, 0.25) is 5.02 Å². The first-order chi connectivity index (χ1) is 11.2. The SMILES string of the molecule is CNc1nc(=O)n(-c2ccccn2)c2cc(Cl)c3ccoc3c12. The summed E-state index contributed by atoms with van der Waals surface area (Å²) in [5, 5.41) is 4.89. The predicted octanol–water partition coefficient (Wildman–Crippen LogP) is 3.22. The number of fused-ring (bicyclic) bond motifs is 3. The Morgan fingerprint density at radius 3 is 2.91 bits per heavy atom. The van der Waals surface area contributed by atoms with E-state index in [1.165, 1.54) is 4.57 Å². The Kier molecular flexibility index (Phi) is 3.06. The van der Waals surface area contributed by atoms with Gasteiger partial charge in [0, 0.05) is 18.6 Å². The Bertz CT molecular complexity index is 1090. The van der Waals surface area contributed by atoms with E-state index in [2.05, 4.69) is 15.3 Å². The lowest BCUT2D eigenvalue weighted by Crippen LogP contribution is -2.23. The lowest BCUT2D eigenvalue weighted by atomic mass is 10.1. The van der Waals surface area contributed by atoms with Crippen molar-refractivity contribution in [3.05, 3.63) is 58.3 Å². The maximum Gasteiger partial charge on any atom is 0.355 e. The predicted molar refractivity (Wildman–Crippen MR) is 89.5 cm³/mol. The maximum atomic E-state index is 12.5. The van der Waals surface area contributed by atoms with E-state index >= 15 is 0 Å². The normalized spacial score (nSPS) is 11.2. The molecule has 0 atom stereocenters. The Hall–Kier alpha value is -2.86. The molecule has 6 nitrogen and oxygen atoms in total. The number of hydrogen-bond donors (Lipinski definition) is 1. The lowest BCUT2D eigenvalue weighted by Gasteiger charge is -2.12. The molecule has 4 aromatic rings. The van der Waals surface area contributed by atoms with Gasteiger partial charge in [0.2, 0.25) is 0 Å². The summed E-state index contributed by atoms with van der Waals surface area (Å²) in [6.45, 7) is 0. The van der Waals surface area contributed by atoms with Crippen LogP contribution >= 0.6 is 11.6 Å². The Morgan fingerprint density at radius 2 is 2.17 bits per heavy atom. The molecule has 0 amide bonds. The van der Waals surface area contributed by atoms with E-state index in [1.807, 2.05) is 0 Å². The van der Waals surface area contributed by atoms with Crippen LogP contribution in [-0.4, -0.2) is 21.6 Å². The Labute approximate surface area is 135 Å². The van der Waals surface area contributed by atoms with Crippen LogP contribution in [0.25, 0.3) is 27.7 Å². The van der Waals surface area contributed by atoms with Crippen molar-refractivity contribution in [2.45, 2.75) is 0 Å². The fourth-order valence-electron chi connectivity index (χ4n) is 2.68. The third kappa shape index (κ3) is 1.99. The summed E-state index contributed by atoms with van der Waals surface area (Å²) >= 11 is 6.35. The van der Waals surface area contributed by atoms with Gasteiger partial charge >= 0.3 is 5.69 Å². The molecule has 0 saturated carbocycles. The molecule has 114 valence electrons. The molecule has 0 spiro atoms. The van der Waals surface area contributed by atoms with Gasteiger partial charge in [0.25, 0.3) is 0 Å². The zero-order valence-corrected chi connectivity index (χ0v) is 12.8. The lowest BCUT2D eigenvalue weighted by molar-refractivity contribution is 0.619. The first kappa shape index (κ1) is 13.8. The van der Waals surface area contributed by atoms with Crippen molar-refractivity contribution in [3.8, 4) is 5.82 Å². The number of nitrogens with zero attached hydrogens (tertiary/aromatic N) is 3. The third-order valence-corrected chi connectivity index (χ3v) is 3.97. The molecule has 1 aromatic carbocycles. The van der Waals surface area contributed by atoms with Crippen molar-refractivity contribution < 1.29 is 4.42 Å². The van der Waals surface area contributed by atoms with Crippen LogP contribution in [0.1, 0.15) is 0 Å². The van der Waals surface area contributed by atoms with Crippen molar-refractivity contribution in [3.63, 3.8) is 0 Å². The number of halogens is 1. The molecule has 0 radical (unpaired) electrons. The Morgan fingerprint density at radius 1 is 1.30 bits per heavy atom. The maximum absolute atomic E-state index is 12.5. The van der Waals surface area contributed by atoms with Crippen LogP contribution in [0.4, 0.5) is 5.82 Å². The molecule has 0 unspecified atom stereocenters. The third-order valence-electron chi connectivity index (χ3n) is 3.66. The average Bonchev–Trinajstić information content (AvgIpc) is 3.05. The molecule has 1 N–H and O–H groups in total. The second-order valence-electron chi connectivity index (χ2n) is 4.93. The number of nitrogens with one attached hydrogen (secondary N) is 1. The molecular weight excluding hydrogens is 316 g/mol. The zero-order valence-electron chi connectivity index (χ0n) is 12.1. The van der Waals surface area contributed by atoms with Crippen LogP contribution in [-0.2, 0) is 0 Å². The summed E-state index contributed by atoms with van der Waals surface area (Å²) in [6, 6.07) is 8.84. The van der Waals surface area contributed by atoms with E-state index in [4.69, 9.17) is 16.0 Å². The van der Waals surface area contributed by atoms with Crippen LogP contribution in [0.15, 0.2) is 52.0 Å². The highest BCUT2D eigenvalue weighted by atomic mass is 35.5. The van der Waals surface area contributed by atoms with Crippen molar-refractivity contribution in [1.82, 2.24) is 14.5 Å². The highest BCUT2D eigenvalue weighted by Gasteiger charge is 2.18. The van der Waals surface area contributed by atoms with Crippen LogP contribution in [0.5, 0.6) is 0 Å². The number of anilines is 1. The molecule has 0 aliphatic carbocycles. The molecule has 23 heavy (non-hydrogen) atoms. The van der Waals surface area contributed by atoms with E-state index < -0.39 is 5.69 Å². The highest BCUT2D eigenvalue weighted by Crippen LogP contribution is 2.35. The van der Waals surface area contributed by atoms with Crippen molar-refractivity contribution >= 4 is 39.3 Å². The van der Waals surface area contributed by atoms with E-state index in [9.17, 15) is 4.79 Å². The minimum Gasteiger partial charge on any atom is -0.463 e. The largest absolute Gasteiger partial charge is 0.463 e. The fraction of sp³-hybridized carbons (Fsp3) is 0.0625. The molecular formula is C16H11ClN4O2. The molecule has 0 bridgehead atoms. The van der Waals surface area contributed by atoms with Gasteiger partial charge in [-0.2, -0.15) is 4.98 Å². The Balaban J connectivity index is 2.26. The van der Waals surface area contributed by atoms with Gasteiger partial charge in [-0.1, -0.05) is 17.7 Å². The first-order valence-corrected chi connectivity index (χ1v) is 7.30. The summed E-state index contributed by atoms with van der Waals surface area (Å²) in [5.41, 5.74) is 0.719. The summed E-state index contributed by atoms with van der Waals surface area (Å²) in [7, 11) is 1.70. The molecule has 3 aromatic heterocycles. The van der Waals surface area contributed by atoms with Gasteiger partial charge in [-0.15, -0.1) is 0 Å². The van der Waals surface area contributed by atoms with Gasteiger partial charge in [-0.3, -0.25) is 0 Å². The first-order valence-electron chi connectivity index (χ1n) is 6.92. The monoisotopic (exact) mass is 326 g/mol. The van der Waals surface area contributed by atoms with Crippen LogP contribution in [0.3, 0.4) is 0 Å². The van der Waals surface area contributed by atoms with Crippen LogP contribution in [0, 0.1) is 0 Å². The molecule has 3 heterocycles. The molecule has 0 aliphatic rings. The number of hydrogen-bond acceptors (Lipinski definition) is 5. The van der Waals surface area contributed by atoms with E-state index in [0.29, 0.717) is 33.1 Å². The highest BCUT2D eigenvalue weighted by molar-refractivity contribution is 6.37. The number of aromatic nitrogens is 3. The minimum absolute atomic E-state index is 0.439. The van der Waals surface area contributed by atoms with Gasteiger partial charge in [0.05, 0.1) is 22.2 Å². The molecule has 7 heteroatoms. The van der Waals surface area contributed by atoms with E-state index in [0.717, 1.165) is 5.39 Å². The van der Waals surface area contributed by atoms with E-state index in [1.54, 1.807) is 49.8 Å². The molecule has 4 rings (SSSR count). The minimum atomic E-state index is -0.442. The topological polar surface area (TPSA) is 73.0 Å². The number of pyridine rings is 1. The summed E-state index contributed by atoms with van der Waals surface area (Å²) in [4.78, 5) is 20.8. The van der Waals surface area contributed by atoms with Gasteiger partial charge in [0.15, 0.2) is 0 Å². The second kappa shape index (κ2) is 5.10. The molecule has 0 fully saturated rings. The van der Waals surface area contributed by atoms with Gasteiger partial charge in [0.1, 0.15) is 17.2 Å². The standard InChI is InChI=1S/C16H11ClN4O2/c1-18-15-13-11(8-10(17)9-5-7-23-14(9)13)21(16(22)20-15)12-4-2-3-6-19-12/h2-8H,1H3,(H,18,20,22). The average molecular weight is 327 g/mol. The summed E-state index contributed by atoms with van der Waals surface area (Å²) in [5.74, 6) is 0.911. The van der Waals surface area contributed by atoms with Crippen molar-refractivity contribution in [2.24, 2.45) is 0 Å².